The predicted octanol–water partition coefficient (Wildman–Crippen LogP) is 3.58. The summed E-state index contributed by atoms with van der Waals surface area (Å²) in [5, 5.41) is 9.52. The normalized spacial score (nSPS) is 24.4. The summed E-state index contributed by atoms with van der Waals surface area (Å²) in [4.78, 5) is 2.55. The highest BCUT2D eigenvalue weighted by Crippen LogP contribution is 2.41. The molecule has 1 aromatic rings. The Bertz CT molecular complexity index is 484. The lowest BCUT2D eigenvalue weighted by Gasteiger charge is -2.40. The molecule has 0 amide bonds. The zero-order valence-electron chi connectivity index (χ0n) is 12.7. The fraction of sp³-hybridized carbons (Fsp3) is 0.647. The van der Waals surface area contributed by atoms with E-state index >= 15 is 0 Å². The van der Waals surface area contributed by atoms with Gasteiger partial charge in [0.1, 0.15) is 18.1 Å². The number of likely N-dealkylation sites (tertiary alicyclic amines) is 1. The molecular weight excluding hydrogens is 250 g/mol. The Balaban J connectivity index is 1.69. The molecule has 0 saturated carbocycles. The maximum absolute atomic E-state index is 9.52. The van der Waals surface area contributed by atoms with Crippen molar-refractivity contribution >= 4 is 0 Å². The largest absolute Gasteiger partial charge is 0.508 e. The van der Waals surface area contributed by atoms with Crippen molar-refractivity contribution in [1.82, 2.24) is 4.90 Å². The third-order valence-electron chi connectivity index (χ3n) is 4.95. The van der Waals surface area contributed by atoms with Crippen LogP contribution in [0.25, 0.3) is 0 Å². The van der Waals surface area contributed by atoms with Crippen molar-refractivity contribution in [1.29, 1.82) is 0 Å². The lowest BCUT2D eigenvalue weighted by atomic mass is 9.75. The van der Waals surface area contributed by atoms with E-state index in [0.717, 1.165) is 31.4 Å². The molecule has 1 saturated heterocycles. The van der Waals surface area contributed by atoms with Crippen molar-refractivity contribution in [2.75, 3.05) is 19.7 Å². The fourth-order valence-electron chi connectivity index (χ4n) is 3.56. The summed E-state index contributed by atoms with van der Waals surface area (Å²) in [5.74, 6) is 1.96. The van der Waals surface area contributed by atoms with Gasteiger partial charge in [-0.25, -0.2) is 0 Å². The molecule has 3 nitrogen and oxygen atoms in total. The van der Waals surface area contributed by atoms with Crippen LogP contribution in [0.5, 0.6) is 11.5 Å². The highest BCUT2D eigenvalue weighted by Gasteiger charge is 2.35. The lowest BCUT2D eigenvalue weighted by molar-refractivity contribution is 0.0736. The molecule has 1 N–H and O–H groups in total. The van der Waals surface area contributed by atoms with Crippen LogP contribution >= 0.6 is 0 Å². The SMILES string of the molecule is CC(C)(C)C1CCN(C2COc3cc(O)ccc32)CC1. The number of phenolic OH excluding ortho intramolecular Hbond substituents is 1. The third kappa shape index (κ3) is 2.51. The number of rotatable bonds is 1. The summed E-state index contributed by atoms with van der Waals surface area (Å²) in [5.41, 5.74) is 1.65. The number of benzene rings is 1. The van der Waals surface area contributed by atoms with Crippen LogP contribution in [-0.4, -0.2) is 29.7 Å². The van der Waals surface area contributed by atoms with Gasteiger partial charge in [0, 0.05) is 11.6 Å². The van der Waals surface area contributed by atoms with E-state index in [0.29, 0.717) is 11.5 Å². The van der Waals surface area contributed by atoms with Crippen LogP contribution in [0.2, 0.25) is 0 Å². The third-order valence-corrected chi connectivity index (χ3v) is 4.95. The van der Waals surface area contributed by atoms with E-state index in [4.69, 9.17) is 4.74 Å². The van der Waals surface area contributed by atoms with E-state index in [1.54, 1.807) is 12.1 Å². The van der Waals surface area contributed by atoms with Crippen molar-refractivity contribution < 1.29 is 9.84 Å². The quantitative estimate of drug-likeness (QED) is 0.850. The number of piperidine rings is 1. The van der Waals surface area contributed by atoms with Crippen molar-refractivity contribution in [3.63, 3.8) is 0 Å². The number of ether oxygens (including phenoxy) is 1. The van der Waals surface area contributed by atoms with Gasteiger partial charge in [0.25, 0.3) is 0 Å². The van der Waals surface area contributed by atoms with E-state index in [1.807, 2.05) is 6.07 Å². The van der Waals surface area contributed by atoms with Crippen molar-refractivity contribution in [3.8, 4) is 11.5 Å². The van der Waals surface area contributed by atoms with Crippen LogP contribution in [0.1, 0.15) is 45.2 Å². The monoisotopic (exact) mass is 275 g/mol. The topological polar surface area (TPSA) is 32.7 Å². The molecule has 3 heteroatoms. The number of nitrogens with zero attached hydrogens (tertiary/aromatic N) is 1. The van der Waals surface area contributed by atoms with E-state index < -0.39 is 0 Å². The second-order valence-corrected chi connectivity index (χ2v) is 7.23. The minimum Gasteiger partial charge on any atom is -0.508 e. The Morgan fingerprint density at radius 3 is 2.55 bits per heavy atom. The average molecular weight is 275 g/mol. The van der Waals surface area contributed by atoms with E-state index in [2.05, 4.69) is 25.7 Å². The molecule has 2 aliphatic rings. The Morgan fingerprint density at radius 1 is 1.20 bits per heavy atom. The van der Waals surface area contributed by atoms with Crippen LogP contribution in [0.15, 0.2) is 18.2 Å². The minimum absolute atomic E-state index is 0.288. The van der Waals surface area contributed by atoms with Gasteiger partial charge in [0.2, 0.25) is 0 Å². The van der Waals surface area contributed by atoms with Gasteiger partial charge in [-0.1, -0.05) is 20.8 Å². The van der Waals surface area contributed by atoms with Crippen LogP contribution in [0, 0.1) is 11.3 Å². The van der Waals surface area contributed by atoms with Gasteiger partial charge >= 0.3 is 0 Å². The molecule has 1 aromatic carbocycles. The van der Waals surface area contributed by atoms with Gasteiger partial charge in [-0.3, -0.25) is 4.90 Å². The smallest absolute Gasteiger partial charge is 0.127 e. The van der Waals surface area contributed by atoms with Crippen molar-refractivity contribution in [2.24, 2.45) is 11.3 Å². The summed E-state index contributed by atoms with van der Waals surface area (Å²) >= 11 is 0. The first-order chi connectivity index (χ1) is 9.45. The number of fused-ring (bicyclic) bond motifs is 1. The molecule has 0 aliphatic carbocycles. The van der Waals surface area contributed by atoms with Crippen LogP contribution in [-0.2, 0) is 0 Å². The van der Waals surface area contributed by atoms with Gasteiger partial charge < -0.3 is 9.84 Å². The molecule has 2 aliphatic heterocycles. The summed E-state index contributed by atoms with van der Waals surface area (Å²) in [6, 6.07) is 5.88. The molecule has 110 valence electrons. The van der Waals surface area contributed by atoms with Gasteiger partial charge in [0.15, 0.2) is 0 Å². The molecule has 1 atom stereocenters. The number of hydrogen-bond donors (Lipinski definition) is 1. The first kappa shape index (κ1) is 13.7. The van der Waals surface area contributed by atoms with Crippen LogP contribution in [0.3, 0.4) is 0 Å². The fourth-order valence-corrected chi connectivity index (χ4v) is 3.56. The lowest BCUT2D eigenvalue weighted by Crippen LogP contribution is -2.40. The first-order valence-corrected chi connectivity index (χ1v) is 7.65. The molecular formula is C17H25NO2. The van der Waals surface area contributed by atoms with Gasteiger partial charge in [0.05, 0.1) is 6.04 Å². The highest BCUT2D eigenvalue weighted by atomic mass is 16.5. The van der Waals surface area contributed by atoms with Crippen LogP contribution < -0.4 is 4.74 Å². The molecule has 1 fully saturated rings. The van der Waals surface area contributed by atoms with Gasteiger partial charge in [-0.15, -0.1) is 0 Å². The molecule has 3 rings (SSSR count). The van der Waals surface area contributed by atoms with E-state index in [-0.39, 0.29) is 5.75 Å². The van der Waals surface area contributed by atoms with Gasteiger partial charge in [-0.2, -0.15) is 0 Å². The maximum Gasteiger partial charge on any atom is 0.127 e. The van der Waals surface area contributed by atoms with Crippen LogP contribution in [0.4, 0.5) is 0 Å². The molecule has 0 bridgehead atoms. The minimum atomic E-state index is 0.288. The second-order valence-electron chi connectivity index (χ2n) is 7.23. The Kier molecular flexibility index (Phi) is 3.41. The van der Waals surface area contributed by atoms with E-state index in [1.165, 1.54) is 18.4 Å². The zero-order chi connectivity index (χ0) is 14.3. The molecule has 1 unspecified atom stereocenters. The molecule has 0 aromatic heterocycles. The second kappa shape index (κ2) is 4.96. The number of aromatic hydroxyl groups is 1. The summed E-state index contributed by atoms with van der Waals surface area (Å²) in [6.45, 7) is 10.1. The predicted molar refractivity (Wildman–Crippen MR) is 80.1 cm³/mol. The Labute approximate surface area is 121 Å². The first-order valence-electron chi connectivity index (χ1n) is 7.65. The molecule has 0 spiro atoms. The van der Waals surface area contributed by atoms with Crippen molar-refractivity contribution in [2.45, 2.75) is 39.7 Å². The zero-order valence-corrected chi connectivity index (χ0v) is 12.7. The molecule has 2 heterocycles. The summed E-state index contributed by atoms with van der Waals surface area (Å²) in [6.07, 6.45) is 2.54. The average Bonchev–Trinajstić information content (AvgIpc) is 2.80. The molecule has 20 heavy (non-hydrogen) atoms. The molecule has 0 radical (unpaired) electrons. The van der Waals surface area contributed by atoms with Gasteiger partial charge in [-0.05, 0) is 49.4 Å². The Hall–Kier alpha value is -1.22. The highest BCUT2D eigenvalue weighted by molar-refractivity contribution is 5.44. The number of phenols is 1. The Morgan fingerprint density at radius 2 is 1.90 bits per heavy atom. The van der Waals surface area contributed by atoms with E-state index in [9.17, 15) is 5.11 Å². The number of hydrogen-bond acceptors (Lipinski definition) is 3. The summed E-state index contributed by atoms with van der Waals surface area (Å²) < 4.78 is 5.74. The summed E-state index contributed by atoms with van der Waals surface area (Å²) in [7, 11) is 0. The maximum atomic E-state index is 9.52. The van der Waals surface area contributed by atoms with Crippen molar-refractivity contribution in [3.05, 3.63) is 23.8 Å². The standard InChI is InChI=1S/C17H25NO2/c1-17(2,3)12-6-8-18(9-7-12)15-11-20-16-10-13(19)4-5-14(15)16/h4-5,10,12,15,19H,6-9,11H2,1-3H3.